The third kappa shape index (κ3) is 3.78. The monoisotopic (exact) mass is 276 g/mol. The number of nitrogens with zero attached hydrogens (tertiary/aromatic N) is 1. The molecule has 0 amide bonds. The first-order valence-corrected chi connectivity index (χ1v) is 6.47. The van der Waals surface area contributed by atoms with Crippen LogP contribution in [0.4, 0.5) is 14.5 Å². The summed E-state index contributed by atoms with van der Waals surface area (Å²) in [6.07, 6.45) is 0. The van der Waals surface area contributed by atoms with Gasteiger partial charge in [-0.2, -0.15) is 0 Å². The Morgan fingerprint density at radius 2 is 1.50 bits per heavy atom. The van der Waals surface area contributed by atoms with Crippen molar-refractivity contribution in [3.63, 3.8) is 0 Å². The molecule has 0 aromatic heterocycles. The zero-order valence-corrected chi connectivity index (χ0v) is 11.7. The first kappa shape index (κ1) is 14.5. The van der Waals surface area contributed by atoms with E-state index in [1.807, 2.05) is 20.2 Å². The molecule has 106 valence electrons. The molecule has 0 aliphatic rings. The summed E-state index contributed by atoms with van der Waals surface area (Å²) < 4.78 is 26.3. The Bertz CT molecular complexity index is 565. The molecule has 2 nitrogen and oxygen atoms in total. The Kier molecular flexibility index (Phi) is 4.69. The molecule has 2 aromatic rings. The standard InChI is InChI=1S/C16H18F2N2/c1-20(2)16-9-13(5-8-15(16)18)11-19-10-12-3-6-14(17)7-4-12/h3-9,19H,10-11H2,1-2H3. The molecule has 0 unspecified atom stereocenters. The first-order valence-electron chi connectivity index (χ1n) is 6.47. The lowest BCUT2D eigenvalue weighted by molar-refractivity contribution is 0.622. The maximum Gasteiger partial charge on any atom is 0.146 e. The molecule has 2 aromatic carbocycles. The zero-order valence-electron chi connectivity index (χ0n) is 11.7. The second kappa shape index (κ2) is 6.48. The highest BCUT2D eigenvalue weighted by atomic mass is 19.1. The summed E-state index contributed by atoms with van der Waals surface area (Å²) in [4.78, 5) is 1.75. The molecule has 1 N–H and O–H groups in total. The van der Waals surface area contributed by atoms with Crippen LogP contribution in [0.1, 0.15) is 11.1 Å². The van der Waals surface area contributed by atoms with Crippen LogP contribution in [0, 0.1) is 11.6 Å². The zero-order chi connectivity index (χ0) is 14.5. The molecule has 0 aliphatic carbocycles. The van der Waals surface area contributed by atoms with E-state index >= 15 is 0 Å². The second-order valence-corrected chi connectivity index (χ2v) is 4.91. The normalized spacial score (nSPS) is 10.6. The van der Waals surface area contributed by atoms with Crippen LogP contribution in [0.15, 0.2) is 42.5 Å². The third-order valence-corrected chi connectivity index (χ3v) is 3.06. The van der Waals surface area contributed by atoms with Gasteiger partial charge in [0.1, 0.15) is 11.6 Å². The van der Waals surface area contributed by atoms with Gasteiger partial charge in [-0.1, -0.05) is 18.2 Å². The van der Waals surface area contributed by atoms with E-state index in [-0.39, 0.29) is 11.6 Å². The molecule has 20 heavy (non-hydrogen) atoms. The highest BCUT2D eigenvalue weighted by molar-refractivity contribution is 5.48. The Morgan fingerprint density at radius 3 is 2.15 bits per heavy atom. The predicted octanol–water partition coefficient (Wildman–Crippen LogP) is 3.32. The van der Waals surface area contributed by atoms with Gasteiger partial charge in [-0.25, -0.2) is 8.78 Å². The Hall–Kier alpha value is -1.94. The number of rotatable bonds is 5. The van der Waals surface area contributed by atoms with Gasteiger partial charge in [-0.05, 0) is 35.4 Å². The van der Waals surface area contributed by atoms with Gasteiger partial charge in [0.15, 0.2) is 0 Å². The van der Waals surface area contributed by atoms with E-state index in [0.717, 1.165) is 11.1 Å². The van der Waals surface area contributed by atoms with Crippen LogP contribution in [-0.4, -0.2) is 14.1 Å². The van der Waals surface area contributed by atoms with Crippen molar-refractivity contribution in [2.45, 2.75) is 13.1 Å². The summed E-state index contributed by atoms with van der Waals surface area (Å²) in [6, 6.07) is 11.5. The summed E-state index contributed by atoms with van der Waals surface area (Å²) in [5, 5.41) is 3.26. The van der Waals surface area contributed by atoms with E-state index in [0.29, 0.717) is 18.8 Å². The summed E-state index contributed by atoms with van der Waals surface area (Å²) in [7, 11) is 3.63. The highest BCUT2D eigenvalue weighted by Gasteiger charge is 2.05. The van der Waals surface area contributed by atoms with Crippen molar-refractivity contribution in [2.75, 3.05) is 19.0 Å². The molecule has 0 heterocycles. The summed E-state index contributed by atoms with van der Waals surface area (Å²) in [6.45, 7) is 1.29. The van der Waals surface area contributed by atoms with Crippen LogP contribution in [-0.2, 0) is 13.1 Å². The molecule has 0 atom stereocenters. The van der Waals surface area contributed by atoms with Crippen LogP contribution in [0.5, 0.6) is 0 Å². The van der Waals surface area contributed by atoms with Gasteiger partial charge < -0.3 is 10.2 Å². The van der Waals surface area contributed by atoms with E-state index < -0.39 is 0 Å². The summed E-state index contributed by atoms with van der Waals surface area (Å²) >= 11 is 0. The molecule has 2 rings (SSSR count). The number of hydrogen-bond acceptors (Lipinski definition) is 2. The molecule has 4 heteroatoms. The average molecular weight is 276 g/mol. The van der Waals surface area contributed by atoms with Crippen molar-refractivity contribution in [1.29, 1.82) is 0 Å². The van der Waals surface area contributed by atoms with E-state index in [4.69, 9.17) is 0 Å². The SMILES string of the molecule is CN(C)c1cc(CNCc2ccc(F)cc2)ccc1F. The maximum atomic E-state index is 13.5. The molecule has 0 aliphatic heterocycles. The number of hydrogen-bond donors (Lipinski definition) is 1. The van der Waals surface area contributed by atoms with Gasteiger partial charge >= 0.3 is 0 Å². The van der Waals surface area contributed by atoms with Crippen LogP contribution in [0.3, 0.4) is 0 Å². The molecule has 0 saturated carbocycles. The number of nitrogens with one attached hydrogen (secondary N) is 1. The molecule has 0 spiro atoms. The van der Waals surface area contributed by atoms with E-state index in [1.54, 1.807) is 23.1 Å². The quantitative estimate of drug-likeness (QED) is 0.901. The van der Waals surface area contributed by atoms with Crippen molar-refractivity contribution in [1.82, 2.24) is 5.32 Å². The van der Waals surface area contributed by atoms with Crippen molar-refractivity contribution in [2.24, 2.45) is 0 Å². The third-order valence-electron chi connectivity index (χ3n) is 3.06. The minimum Gasteiger partial charge on any atom is -0.375 e. The molecule has 0 fully saturated rings. The van der Waals surface area contributed by atoms with E-state index in [2.05, 4.69) is 5.32 Å². The van der Waals surface area contributed by atoms with Gasteiger partial charge in [-0.3, -0.25) is 0 Å². The fraction of sp³-hybridized carbons (Fsp3) is 0.250. The number of benzene rings is 2. The van der Waals surface area contributed by atoms with Gasteiger partial charge in [0.2, 0.25) is 0 Å². The number of anilines is 1. The fourth-order valence-corrected chi connectivity index (χ4v) is 1.96. The lowest BCUT2D eigenvalue weighted by Gasteiger charge is -2.15. The summed E-state index contributed by atoms with van der Waals surface area (Å²) in [5.74, 6) is -0.458. The molecular weight excluding hydrogens is 258 g/mol. The number of halogens is 2. The highest BCUT2D eigenvalue weighted by Crippen LogP contribution is 2.18. The van der Waals surface area contributed by atoms with Gasteiger partial charge in [0.05, 0.1) is 5.69 Å². The van der Waals surface area contributed by atoms with Crippen LogP contribution < -0.4 is 10.2 Å². The maximum absolute atomic E-state index is 13.5. The summed E-state index contributed by atoms with van der Waals surface area (Å²) in [5.41, 5.74) is 2.60. The lowest BCUT2D eigenvalue weighted by Crippen LogP contribution is -2.15. The topological polar surface area (TPSA) is 15.3 Å². The van der Waals surface area contributed by atoms with Crippen molar-refractivity contribution < 1.29 is 8.78 Å². The Balaban J connectivity index is 1.94. The van der Waals surface area contributed by atoms with Gasteiger partial charge in [-0.15, -0.1) is 0 Å². The predicted molar refractivity (Wildman–Crippen MR) is 77.7 cm³/mol. The van der Waals surface area contributed by atoms with Crippen LogP contribution in [0.25, 0.3) is 0 Å². The van der Waals surface area contributed by atoms with E-state index in [1.165, 1.54) is 18.2 Å². The average Bonchev–Trinajstić information content (AvgIpc) is 2.42. The minimum atomic E-state index is -0.233. The van der Waals surface area contributed by atoms with Crippen molar-refractivity contribution >= 4 is 5.69 Å². The Labute approximate surface area is 118 Å². The van der Waals surface area contributed by atoms with Crippen LogP contribution in [0.2, 0.25) is 0 Å². The lowest BCUT2D eigenvalue weighted by atomic mass is 10.1. The molecule has 0 saturated heterocycles. The fourth-order valence-electron chi connectivity index (χ4n) is 1.96. The van der Waals surface area contributed by atoms with Gasteiger partial charge in [0, 0.05) is 27.2 Å². The first-order chi connectivity index (χ1) is 9.56. The molecule has 0 bridgehead atoms. The molecular formula is C16H18F2N2. The van der Waals surface area contributed by atoms with Crippen molar-refractivity contribution in [3.8, 4) is 0 Å². The van der Waals surface area contributed by atoms with Crippen molar-refractivity contribution in [3.05, 3.63) is 65.2 Å². The van der Waals surface area contributed by atoms with Gasteiger partial charge in [0.25, 0.3) is 0 Å². The molecule has 0 radical (unpaired) electrons. The largest absolute Gasteiger partial charge is 0.375 e. The second-order valence-electron chi connectivity index (χ2n) is 4.91. The van der Waals surface area contributed by atoms with E-state index in [9.17, 15) is 8.78 Å². The van der Waals surface area contributed by atoms with Crippen LogP contribution >= 0.6 is 0 Å². The minimum absolute atomic E-state index is 0.225. The Morgan fingerprint density at radius 1 is 0.900 bits per heavy atom. The smallest absolute Gasteiger partial charge is 0.146 e.